The molecule has 0 aromatic carbocycles. The van der Waals surface area contributed by atoms with E-state index in [1.54, 1.807) is 7.11 Å². The molecule has 0 saturated carbocycles. The van der Waals surface area contributed by atoms with Gasteiger partial charge >= 0.3 is 0 Å². The Bertz CT molecular complexity index is 160. The van der Waals surface area contributed by atoms with Gasteiger partial charge in [0.15, 0.2) is 0 Å². The van der Waals surface area contributed by atoms with Crippen LogP contribution in [0.3, 0.4) is 0 Å². The Balaban J connectivity index is 3.52. The summed E-state index contributed by atoms with van der Waals surface area (Å²) < 4.78 is 10.3. The minimum Gasteiger partial charge on any atom is -0.382 e. The van der Waals surface area contributed by atoms with Crippen molar-refractivity contribution in [2.75, 3.05) is 33.5 Å². The lowest BCUT2D eigenvalue weighted by atomic mass is 10.1. The van der Waals surface area contributed by atoms with Crippen molar-refractivity contribution >= 4 is 0 Å². The van der Waals surface area contributed by atoms with Gasteiger partial charge in [-0.3, -0.25) is 0 Å². The third-order valence-corrected chi connectivity index (χ3v) is 2.13. The fourth-order valence-corrected chi connectivity index (χ4v) is 1.46. The van der Waals surface area contributed by atoms with Crippen LogP contribution in [0.5, 0.6) is 0 Å². The SMILES string of the molecule is C=C(C)CC(CCOCCOC)NCC. The molecule has 0 bridgehead atoms. The molecule has 0 amide bonds. The van der Waals surface area contributed by atoms with E-state index >= 15 is 0 Å². The zero-order chi connectivity index (χ0) is 11.5. The van der Waals surface area contributed by atoms with Crippen LogP contribution in [-0.2, 0) is 9.47 Å². The van der Waals surface area contributed by atoms with Gasteiger partial charge in [-0.1, -0.05) is 12.5 Å². The zero-order valence-electron chi connectivity index (χ0n) is 10.3. The first-order chi connectivity index (χ1) is 7.20. The maximum absolute atomic E-state index is 5.44. The molecule has 0 saturated heterocycles. The summed E-state index contributed by atoms with van der Waals surface area (Å²) in [5.74, 6) is 0. The van der Waals surface area contributed by atoms with E-state index in [1.807, 2.05) is 0 Å². The van der Waals surface area contributed by atoms with Gasteiger partial charge in [0, 0.05) is 19.8 Å². The standard InChI is InChI=1S/C12H25NO2/c1-5-13-12(10-11(2)3)6-7-15-9-8-14-4/h12-13H,2,5-10H2,1,3-4H3. The molecule has 0 rings (SSSR count). The molecular weight excluding hydrogens is 190 g/mol. The van der Waals surface area contributed by atoms with E-state index in [1.165, 1.54) is 5.57 Å². The van der Waals surface area contributed by atoms with Gasteiger partial charge in [0.2, 0.25) is 0 Å². The minimum atomic E-state index is 0.495. The Kier molecular flexibility index (Phi) is 9.89. The second kappa shape index (κ2) is 10.1. The zero-order valence-corrected chi connectivity index (χ0v) is 10.3. The molecule has 1 N–H and O–H groups in total. The van der Waals surface area contributed by atoms with Gasteiger partial charge in [-0.2, -0.15) is 0 Å². The quantitative estimate of drug-likeness (QED) is 0.446. The predicted octanol–water partition coefficient (Wildman–Crippen LogP) is 1.98. The Morgan fingerprint density at radius 3 is 2.60 bits per heavy atom. The summed E-state index contributed by atoms with van der Waals surface area (Å²) in [7, 11) is 1.69. The number of methoxy groups -OCH3 is 1. The summed E-state index contributed by atoms with van der Waals surface area (Å²) in [6.07, 6.45) is 2.06. The Labute approximate surface area is 93.8 Å². The molecule has 0 radical (unpaired) electrons. The van der Waals surface area contributed by atoms with Crippen molar-refractivity contribution in [1.82, 2.24) is 5.32 Å². The summed E-state index contributed by atoms with van der Waals surface area (Å²) in [6, 6.07) is 0.495. The van der Waals surface area contributed by atoms with Gasteiger partial charge < -0.3 is 14.8 Å². The van der Waals surface area contributed by atoms with Crippen LogP contribution in [0.2, 0.25) is 0 Å². The number of ether oxygens (including phenoxy) is 2. The molecule has 0 spiro atoms. The molecular formula is C12H25NO2. The monoisotopic (exact) mass is 215 g/mol. The van der Waals surface area contributed by atoms with Crippen molar-refractivity contribution in [3.63, 3.8) is 0 Å². The molecule has 0 aliphatic heterocycles. The first-order valence-corrected chi connectivity index (χ1v) is 5.65. The van der Waals surface area contributed by atoms with Crippen LogP contribution in [-0.4, -0.2) is 39.5 Å². The molecule has 1 unspecified atom stereocenters. The van der Waals surface area contributed by atoms with Gasteiger partial charge in [0.1, 0.15) is 0 Å². The van der Waals surface area contributed by atoms with E-state index < -0.39 is 0 Å². The highest BCUT2D eigenvalue weighted by Crippen LogP contribution is 2.05. The largest absolute Gasteiger partial charge is 0.382 e. The van der Waals surface area contributed by atoms with Gasteiger partial charge in [-0.25, -0.2) is 0 Å². The molecule has 3 heteroatoms. The molecule has 3 nitrogen and oxygen atoms in total. The Morgan fingerprint density at radius 2 is 2.07 bits per heavy atom. The second-order valence-corrected chi connectivity index (χ2v) is 3.81. The molecule has 1 atom stereocenters. The first kappa shape index (κ1) is 14.6. The number of hydrogen-bond donors (Lipinski definition) is 1. The molecule has 0 fully saturated rings. The molecule has 0 aromatic heterocycles. The lowest BCUT2D eigenvalue weighted by molar-refractivity contribution is 0.0659. The summed E-state index contributed by atoms with van der Waals surface area (Å²) in [4.78, 5) is 0. The lowest BCUT2D eigenvalue weighted by Gasteiger charge is -2.17. The number of nitrogens with one attached hydrogen (secondary N) is 1. The minimum absolute atomic E-state index is 0.495. The molecule has 0 aromatic rings. The smallest absolute Gasteiger partial charge is 0.0700 e. The van der Waals surface area contributed by atoms with Crippen LogP contribution >= 0.6 is 0 Å². The van der Waals surface area contributed by atoms with E-state index in [4.69, 9.17) is 9.47 Å². The third-order valence-electron chi connectivity index (χ3n) is 2.13. The van der Waals surface area contributed by atoms with Crippen LogP contribution in [0.25, 0.3) is 0 Å². The van der Waals surface area contributed by atoms with E-state index in [9.17, 15) is 0 Å². The highest BCUT2D eigenvalue weighted by molar-refractivity contribution is 4.92. The molecule has 0 aliphatic rings. The van der Waals surface area contributed by atoms with E-state index in [0.717, 1.165) is 26.0 Å². The van der Waals surface area contributed by atoms with Crippen LogP contribution in [0.4, 0.5) is 0 Å². The maximum atomic E-state index is 5.44. The first-order valence-electron chi connectivity index (χ1n) is 5.65. The summed E-state index contributed by atoms with van der Waals surface area (Å²) >= 11 is 0. The topological polar surface area (TPSA) is 30.5 Å². The van der Waals surface area contributed by atoms with Gasteiger partial charge in [-0.05, 0) is 26.3 Å². The number of hydrogen-bond acceptors (Lipinski definition) is 3. The molecule has 0 heterocycles. The van der Waals surface area contributed by atoms with Crippen LogP contribution in [0, 0.1) is 0 Å². The fraction of sp³-hybridized carbons (Fsp3) is 0.833. The summed E-state index contributed by atoms with van der Waals surface area (Å²) in [6.45, 7) is 11.3. The predicted molar refractivity (Wildman–Crippen MR) is 64.2 cm³/mol. The van der Waals surface area contributed by atoms with Gasteiger partial charge in [0.25, 0.3) is 0 Å². The van der Waals surface area contributed by atoms with Crippen molar-refractivity contribution in [2.24, 2.45) is 0 Å². The van der Waals surface area contributed by atoms with E-state index in [2.05, 4.69) is 25.7 Å². The van der Waals surface area contributed by atoms with Crippen LogP contribution in [0.1, 0.15) is 26.7 Å². The fourth-order valence-electron chi connectivity index (χ4n) is 1.46. The summed E-state index contributed by atoms with van der Waals surface area (Å²) in [5, 5.41) is 3.43. The second-order valence-electron chi connectivity index (χ2n) is 3.81. The average molecular weight is 215 g/mol. The van der Waals surface area contributed by atoms with Crippen molar-refractivity contribution in [3.05, 3.63) is 12.2 Å². The third kappa shape index (κ3) is 9.91. The number of rotatable bonds is 10. The average Bonchev–Trinajstić information content (AvgIpc) is 2.17. The van der Waals surface area contributed by atoms with E-state index in [-0.39, 0.29) is 0 Å². The maximum Gasteiger partial charge on any atom is 0.0700 e. The lowest BCUT2D eigenvalue weighted by Crippen LogP contribution is -2.30. The molecule has 90 valence electrons. The van der Waals surface area contributed by atoms with E-state index in [0.29, 0.717) is 19.3 Å². The van der Waals surface area contributed by atoms with Crippen molar-refractivity contribution in [3.8, 4) is 0 Å². The Hall–Kier alpha value is -0.380. The van der Waals surface area contributed by atoms with Crippen LogP contribution < -0.4 is 5.32 Å². The van der Waals surface area contributed by atoms with Gasteiger partial charge in [-0.15, -0.1) is 6.58 Å². The summed E-state index contributed by atoms with van der Waals surface area (Å²) in [5.41, 5.74) is 1.22. The molecule has 0 aliphatic carbocycles. The normalized spacial score (nSPS) is 12.7. The van der Waals surface area contributed by atoms with Crippen molar-refractivity contribution in [2.45, 2.75) is 32.7 Å². The Morgan fingerprint density at radius 1 is 1.33 bits per heavy atom. The highest BCUT2D eigenvalue weighted by atomic mass is 16.5. The van der Waals surface area contributed by atoms with Crippen molar-refractivity contribution in [1.29, 1.82) is 0 Å². The van der Waals surface area contributed by atoms with Crippen molar-refractivity contribution < 1.29 is 9.47 Å². The molecule has 15 heavy (non-hydrogen) atoms. The van der Waals surface area contributed by atoms with Gasteiger partial charge in [0.05, 0.1) is 13.2 Å². The van der Waals surface area contributed by atoms with Crippen LogP contribution in [0.15, 0.2) is 12.2 Å². The highest BCUT2D eigenvalue weighted by Gasteiger charge is 2.06.